The van der Waals surface area contributed by atoms with Crippen LogP contribution in [0.4, 0.5) is 0 Å². The molecule has 0 saturated heterocycles. The number of ketones is 2. The molecular weight excluding hydrogens is 420 g/mol. The Balaban J connectivity index is 1.60. The van der Waals surface area contributed by atoms with Crippen LogP contribution in [-0.4, -0.2) is 30.6 Å². The number of hydrogen-bond donors (Lipinski definition) is 0. The predicted molar refractivity (Wildman–Crippen MR) is 112 cm³/mol. The first-order chi connectivity index (χ1) is 14.9. The molecule has 0 fully saturated rings. The largest absolute Gasteiger partial charge is 0.465 e. The van der Waals surface area contributed by atoms with Crippen LogP contribution >= 0.6 is 11.6 Å². The molecule has 0 amide bonds. The van der Waals surface area contributed by atoms with Crippen molar-refractivity contribution in [2.75, 3.05) is 7.11 Å². The first kappa shape index (κ1) is 20.5. The number of carbonyl (C=O) groups is 4. The number of rotatable bonds is 4. The molecule has 0 aromatic heterocycles. The summed E-state index contributed by atoms with van der Waals surface area (Å²) >= 11 is 6.38. The average Bonchev–Trinajstić information content (AvgIpc) is 2.80. The van der Waals surface area contributed by atoms with Crippen molar-refractivity contribution in [3.05, 3.63) is 105 Å². The molecule has 0 bridgehead atoms. The number of esters is 2. The van der Waals surface area contributed by atoms with E-state index in [1.54, 1.807) is 48.5 Å². The molecule has 31 heavy (non-hydrogen) atoms. The number of methoxy groups -OCH3 is 1. The number of ether oxygens (including phenoxy) is 2. The van der Waals surface area contributed by atoms with E-state index in [9.17, 15) is 19.2 Å². The van der Waals surface area contributed by atoms with Crippen molar-refractivity contribution in [2.24, 2.45) is 0 Å². The summed E-state index contributed by atoms with van der Waals surface area (Å²) in [6.07, 6.45) is 0. The van der Waals surface area contributed by atoms with Gasteiger partial charge in [0.2, 0.25) is 0 Å². The summed E-state index contributed by atoms with van der Waals surface area (Å²) in [5.41, 5.74) is 1.56. The minimum absolute atomic E-state index is 0.00694. The van der Waals surface area contributed by atoms with Crippen LogP contribution in [0, 0.1) is 0 Å². The van der Waals surface area contributed by atoms with Crippen molar-refractivity contribution in [1.82, 2.24) is 0 Å². The zero-order valence-electron chi connectivity index (χ0n) is 16.3. The smallest absolute Gasteiger partial charge is 0.340 e. The molecule has 0 atom stereocenters. The topological polar surface area (TPSA) is 86.7 Å². The number of carbonyl (C=O) groups excluding carboxylic acids is 4. The molecule has 0 heterocycles. The fourth-order valence-corrected chi connectivity index (χ4v) is 3.76. The van der Waals surface area contributed by atoms with Crippen molar-refractivity contribution < 1.29 is 28.7 Å². The van der Waals surface area contributed by atoms with Gasteiger partial charge in [-0.2, -0.15) is 0 Å². The van der Waals surface area contributed by atoms with Gasteiger partial charge in [-0.05, 0) is 29.8 Å². The standard InChI is InChI=1S/C24H15ClO6/c1-30-23(28)14-6-4-5-13(11-14)12-31-24(29)18-10-9-17-19(20(18)25)22(27)16-8-3-2-7-15(16)21(17)26/h2-11H,12H2,1H3. The Morgan fingerprint density at radius 3 is 2.26 bits per heavy atom. The zero-order valence-corrected chi connectivity index (χ0v) is 17.1. The van der Waals surface area contributed by atoms with Gasteiger partial charge in [0.05, 0.1) is 28.8 Å². The highest BCUT2D eigenvalue weighted by atomic mass is 35.5. The normalized spacial score (nSPS) is 12.1. The van der Waals surface area contributed by atoms with Crippen LogP contribution in [-0.2, 0) is 16.1 Å². The van der Waals surface area contributed by atoms with Crippen LogP contribution in [0.25, 0.3) is 0 Å². The fraction of sp³-hybridized carbons (Fsp3) is 0.0833. The van der Waals surface area contributed by atoms with Gasteiger partial charge in [-0.15, -0.1) is 0 Å². The molecule has 6 nitrogen and oxygen atoms in total. The van der Waals surface area contributed by atoms with E-state index in [0.717, 1.165) is 0 Å². The van der Waals surface area contributed by atoms with E-state index in [-0.39, 0.29) is 39.7 Å². The quantitative estimate of drug-likeness (QED) is 0.446. The molecule has 7 heteroatoms. The summed E-state index contributed by atoms with van der Waals surface area (Å²) in [7, 11) is 1.28. The van der Waals surface area contributed by atoms with Crippen molar-refractivity contribution in [1.29, 1.82) is 0 Å². The van der Waals surface area contributed by atoms with E-state index in [4.69, 9.17) is 16.3 Å². The van der Waals surface area contributed by atoms with E-state index >= 15 is 0 Å². The Hall–Kier alpha value is -3.77. The summed E-state index contributed by atoms with van der Waals surface area (Å²) in [6.45, 7) is -0.118. The Morgan fingerprint density at radius 2 is 1.55 bits per heavy atom. The fourth-order valence-electron chi connectivity index (χ4n) is 3.44. The minimum atomic E-state index is -0.754. The molecule has 0 unspecified atom stereocenters. The molecule has 1 aliphatic carbocycles. The first-order valence-electron chi connectivity index (χ1n) is 9.27. The van der Waals surface area contributed by atoms with Gasteiger partial charge in [0.15, 0.2) is 11.6 Å². The van der Waals surface area contributed by atoms with Gasteiger partial charge in [-0.3, -0.25) is 9.59 Å². The van der Waals surface area contributed by atoms with Crippen molar-refractivity contribution in [3.8, 4) is 0 Å². The van der Waals surface area contributed by atoms with Gasteiger partial charge in [-0.1, -0.05) is 48.0 Å². The lowest BCUT2D eigenvalue weighted by Gasteiger charge is -2.19. The van der Waals surface area contributed by atoms with E-state index in [2.05, 4.69) is 4.74 Å². The van der Waals surface area contributed by atoms with Gasteiger partial charge >= 0.3 is 11.9 Å². The highest BCUT2D eigenvalue weighted by Crippen LogP contribution is 2.34. The highest BCUT2D eigenvalue weighted by molar-refractivity contribution is 6.41. The van der Waals surface area contributed by atoms with Crippen LogP contribution in [0.5, 0.6) is 0 Å². The average molecular weight is 435 g/mol. The van der Waals surface area contributed by atoms with Gasteiger partial charge < -0.3 is 9.47 Å². The summed E-state index contributed by atoms with van der Waals surface area (Å²) in [5.74, 6) is -2.01. The van der Waals surface area contributed by atoms with Gasteiger partial charge in [0, 0.05) is 16.7 Å². The maximum atomic E-state index is 12.9. The summed E-state index contributed by atoms with van der Waals surface area (Å²) < 4.78 is 9.99. The Morgan fingerprint density at radius 1 is 0.839 bits per heavy atom. The number of fused-ring (bicyclic) bond motifs is 2. The lowest BCUT2D eigenvalue weighted by Crippen LogP contribution is -2.22. The maximum absolute atomic E-state index is 12.9. The SMILES string of the molecule is COC(=O)c1cccc(COC(=O)c2ccc3c(c2Cl)C(=O)c2ccccc2C3=O)c1. The molecule has 4 rings (SSSR count). The molecule has 0 saturated carbocycles. The second kappa shape index (κ2) is 8.16. The molecule has 3 aromatic carbocycles. The lowest BCUT2D eigenvalue weighted by molar-refractivity contribution is 0.0472. The lowest BCUT2D eigenvalue weighted by atomic mass is 9.83. The second-order valence-corrected chi connectivity index (χ2v) is 7.20. The van der Waals surface area contributed by atoms with Crippen molar-refractivity contribution in [3.63, 3.8) is 0 Å². The zero-order chi connectivity index (χ0) is 22.1. The Bertz CT molecular complexity index is 1260. The molecule has 3 aromatic rings. The number of benzene rings is 3. The maximum Gasteiger partial charge on any atom is 0.340 e. The third-order valence-electron chi connectivity index (χ3n) is 4.97. The highest BCUT2D eigenvalue weighted by Gasteiger charge is 2.33. The summed E-state index contributed by atoms with van der Waals surface area (Å²) in [6, 6.07) is 15.7. The van der Waals surface area contributed by atoms with Gasteiger partial charge in [0.1, 0.15) is 6.61 Å². The summed E-state index contributed by atoms with van der Waals surface area (Å²) in [5, 5.41) is -0.126. The first-order valence-corrected chi connectivity index (χ1v) is 9.65. The second-order valence-electron chi connectivity index (χ2n) is 6.82. The molecule has 154 valence electrons. The number of halogens is 1. The minimum Gasteiger partial charge on any atom is -0.465 e. The summed E-state index contributed by atoms with van der Waals surface area (Å²) in [4.78, 5) is 50.0. The van der Waals surface area contributed by atoms with Crippen LogP contribution in [0.1, 0.15) is 58.1 Å². The third kappa shape index (κ3) is 3.62. The molecule has 0 radical (unpaired) electrons. The van der Waals surface area contributed by atoms with E-state index < -0.39 is 17.7 Å². The van der Waals surface area contributed by atoms with Crippen LogP contribution in [0.2, 0.25) is 5.02 Å². The predicted octanol–water partition coefficient (Wildman–Crippen LogP) is 4.26. The molecule has 0 N–H and O–H groups in total. The number of hydrogen-bond acceptors (Lipinski definition) is 6. The molecule has 1 aliphatic rings. The van der Waals surface area contributed by atoms with E-state index in [0.29, 0.717) is 16.7 Å². The van der Waals surface area contributed by atoms with Gasteiger partial charge in [0.25, 0.3) is 0 Å². The van der Waals surface area contributed by atoms with Gasteiger partial charge in [-0.25, -0.2) is 9.59 Å². The van der Waals surface area contributed by atoms with E-state index in [1.807, 2.05) is 0 Å². The Kier molecular flexibility index (Phi) is 5.40. The molecule has 0 spiro atoms. The molecule has 0 aliphatic heterocycles. The monoisotopic (exact) mass is 434 g/mol. The Labute approximate surface area is 182 Å². The molecular formula is C24H15ClO6. The van der Waals surface area contributed by atoms with Crippen molar-refractivity contribution in [2.45, 2.75) is 6.61 Å². The van der Waals surface area contributed by atoms with Crippen LogP contribution in [0.15, 0.2) is 60.7 Å². The van der Waals surface area contributed by atoms with Crippen LogP contribution in [0.3, 0.4) is 0 Å². The third-order valence-corrected chi connectivity index (χ3v) is 5.36. The van der Waals surface area contributed by atoms with Crippen LogP contribution < -0.4 is 0 Å². The van der Waals surface area contributed by atoms with Crippen molar-refractivity contribution >= 4 is 35.1 Å². The van der Waals surface area contributed by atoms with E-state index in [1.165, 1.54) is 19.2 Å².